The van der Waals surface area contributed by atoms with Crippen molar-refractivity contribution in [3.8, 4) is 5.69 Å². The first-order valence-electron chi connectivity index (χ1n) is 8.37. The molecule has 1 saturated carbocycles. The molecule has 2 aliphatic rings. The second kappa shape index (κ2) is 6.02. The van der Waals surface area contributed by atoms with Crippen molar-refractivity contribution in [2.45, 2.75) is 38.1 Å². The van der Waals surface area contributed by atoms with Crippen LogP contribution in [0.4, 0.5) is 10.6 Å². The van der Waals surface area contributed by atoms with E-state index in [4.69, 9.17) is 0 Å². The Hall–Kier alpha value is -2.37. The molecule has 1 aromatic heterocycles. The molecule has 1 aliphatic carbocycles. The van der Waals surface area contributed by atoms with E-state index in [1.165, 1.54) is 30.5 Å². The summed E-state index contributed by atoms with van der Waals surface area (Å²) in [7, 11) is 0. The van der Waals surface area contributed by atoms with Gasteiger partial charge in [0.15, 0.2) is 5.82 Å². The fourth-order valence-electron chi connectivity index (χ4n) is 3.68. The second-order valence-corrected chi connectivity index (χ2v) is 6.38. The van der Waals surface area contributed by atoms with E-state index < -0.39 is 0 Å². The highest BCUT2D eigenvalue weighted by atomic mass is 16.2. The number of benzene rings is 1. The monoisotopic (exact) mass is 311 g/mol. The fraction of sp³-hybridized carbons (Fsp3) is 0.471. The van der Waals surface area contributed by atoms with Crippen LogP contribution in [0.5, 0.6) is 0 Å². The Bertz CT molecular complexity index is 677. The lowest BCUT2D eigenvalue weighted by Crippen LogP contribution is -2.55. The summed E-state index contributed by atoms with van der Waals surface area (Å²) in [5.74, 6) is 1.19. The summed E-state index contributed by atoms with van der Waals surface area (Å²) in [4.78, 5) is 15.9. The number of aromatic nitrogens is 3. The minimum atomic E-state index is -0.0479. The number of anilines is 1. The number of urea groups is 1. The third-order valence-corrected chi connectivity index (χ3v) is 4.98. The number of hydrogen-bond acceptors (Lipinski definition) is 3. The normalized spacial score (nSPS) is 21.2. The van der Waals surface area contributed by atoms with Crippen molar-refractivity contribution < 1.29 is 4.79 Å². The summed E-state index contributed by atoms with van der Waals surface area (Å²) in [5.41, 5.74) is 0.876. The molecule has 1 atom stereocenters. The van der Waals surface area contributed by atoms with Gasteiger partial charge in [0, 0.05) is 12.6 Å². The number of nitrogens with one attached hydrogen (secondary N) is 1. The third-order valence-electron chi connectivity index (χ3n) is 4.98. The van der Waals surface area contributed by atoms with Gasteiger partial charge in [0.2, 0.25) is 0 Å². The van der Waals surface area contributed by atoms with Gasteiger partial charge >= 0.3 is 6.03 Å². The standard InChI is InChI=1S/C17H21N5O/c23-17(21-11-10-15(21)13-6-4-5-7-13)19-16-12-18-22(20-16)14-8-2-1-3-9-14/h1-3,8-9,12-13,15H,4-7,10-11H2,(H,19,20,23). The molecule has 1 N–H and O–H groups in total. The Morgan fingerprint density at radius 3 is 2.61 bits per heavy atom. The highest BCUT2D eigenvalue weighted by molar-refractivity contribution is 5.88. The van der Waals surface area contributed by atoms with E-state index >= 15 is 0 Å². The summed E-state index contributed by atoms with van der Waals surface area (Å²) >= 11 is 0. The average molecular weight is 311 g/mol. The Morgan fingerprint density at radius 1 is 1.13 bits per heavy atom. The third kappa shape index (κ3) is 2.81. The largest absolute Gasteiger partial charge is 0.323 e. The van der Waals surface area contributed by atoms with Gasteiger partial charge in [0.05, 0.1) is 11.9 Å². The van der Waals surface area contributed by atoms with Crippen LogP contribution < -0.4 is 5.32 Å². The molecule has 1 aromatic carbocycles. The molecule has 23 heavy (non-hydrogen) atoms. The van der Waals surface area contributed by atoms with Crippen molar-refractivity contribution in [3.05, 3.63) is 36.5 Å². The zero-order valence-corrected chi connectivity index (χ0v) is 13.1. The maximum atomic E-state index is 12.4. The van der Waals surface area contributed by atoms with Crippen LogP contribution in [0.15, 0.2) is 36.5 Å². The first-order chi connectivity index (χ1) is 11.3. The molecule has 0 spiro atoms. The van der Waals surface area contributed by atoms with E-state index in [9.17, 15) is 4.79 Å². The van der Waals surface area contributed by atoms with Crippen molar-refractivity contribution in [2.75, 3.05) is 11.9 Å². The van der Waals surface area contributed by atoms with Gasteiger partial charge in [-0.3, -0.25) is 5.32 Å². The van der Waals surface area contributed by atoms with E-state index in [0.717, 1.165) is 18.7 Å². The molecule has 2 fully saturated rings. The van der Waals surface area contributed by atoms with Crippen LogP contribution in [-0.2, 0) is 0 Å². The first kappa shape index (κ1) is 14.2. The number of likely N-dealkylation sites (tertiary alicyclic amines) is 1. The van der Waals surface area contributed by atoms with Gasteiger partial charge < -0.3 is 4.90 Å². The van der Waals surface area contributed by atoms with E-state index in [2.05, 4.69) is 15.5 Å². The summed E-state index contributed by atoms with van der Waals surface area (Å²) in [6, 6.07) is 10.0. The quantitative estimate of drug-likeness (QED) is 0.947. The number of hydrogen-bond donors (Lipinski definition) is 1. The molecule has 2 amide bonds. The van der Waals surface area contributed by atoms with Crippen LogP contribution in [0.1, 0.15) is 32.1 Å². The number of nitrogens with zero attached hydrogens (tertiary/aromatic N) is 4. The Labute approximate surface area is 135 Å². The van der Waals surface area contributed by atoms with Crippen molar-refractivity contribution >= 4 is 11.8 Å². The SMILES string of the molecule is O=C(Nc1cnn(-c2ccccc2)n1)N1CCC1C1CCCC1. The summed E-state index contributed by atoms with van der Waals surface area (Å²) in [6.07, 6.45) is 7.87. The molecule has 1 aliphatic heterocycles. The molecule has 6 nitrogen and oxygen atoms in total. The van der Waals surface area contributed by atoms with Crippen LogP contribution in [0.3, 0.4) is 0 Å². The molecule has 120 valence electrons. The molecule has 0 radical (unpaired) electrons. The van der Waals surface area contributed by atoms with Crippen LogP contribution in [0, 0.1) is 5.92 Å². The minimum Gasteiger partial charge on any atom is -0.321 e. The summed E-state index contributed by atoms with van der Waals surface area (Å²) < 4.78 is 0. The number of amides is 2. The zero-order valence-electron chi connectivity index (χ0n) is 13.1. The highest BCUT2D eigenvalue weighted by Gasteiger charge is 2.39. The van der Waals surface area contributed by atoms with Crippen molar-refractivity contribution in [1.29, 1.82) is 0 Å². The van der Waals surface area contributed by atoms with Gasteiger partial charge in [-0.25, -0.2) is 4.79 Å². The molecule has 1 unspecified atom stereocenters. The van der Waals surface area contributed by atoms with E-state index in [1.807, 2.05) is 35.2 Å². The van der Waals surface area contributed by atoms with Crippen LogP contribution >= 0.6 is 0 Å². The maximum absolute atomic E-state index is 12.4. The summed E-state index contributed by atoms with van der Waals surface area (Å²) in [6.45, 7) is 0.847. The van der Waals surface area contributed by atoms with Crippen LogP contribution in [-0.4, -0.2) is 38.5 Å². The van der Waals surface area contributed by atoms with Crippen molar-refractivity contribution in [2.24, 2.45) is 5.92 Å². The number of carbonyl (C=O) groups excluding carboxylic acids is 1. The Morgan fingerprint density at radius 2 is 1.91 bits per heavy atom. The lowest BCUT2D eigenvalue weighted by atomic mass is 9.88. The van der Waals surface area contributed by atoms with Crippen LogP contribution in [0.2, 0.25) is 0 Å². The van der Waals surface area contributed by atoms with Gasteiger partial charge in [-0.2, -0.15) is 5.10 Å². The topological polar surface area (TPSA) is 63.1 Å². The summed E-state index contributed by atoms with van der Waals surface area (Å²) in [5, 5.41) is 11.4. The van der Waals surface area contributed by atoms with Gasteiger partial charge in [0.25, 0.3) is 0 Å². The molecular formula is C17H21N5O. The number of carbonyl (C=O) groups is 1. The molecule has 2 aromatic rings. The van der Waals surface area contributed by atoms with Gasteiger partial charge in [-0.05, 0) is 37.3 Å². The minimum absolute atomic E-state index is 0.0479. The van der Waals surface area contributed by atoms with E-state index in [-0.39, 0.29) is 6.03 Å². The molecule has 1 saturated heterocycles. The second-order valence-electron chi connectivity index (χ2n) is 6.38. The zero-order chi connectivity index (χ0) is 15.6. The molecular weight excluding hydrogens is 290 g/mol. The van der Waals surface area contributed by atoms with Gasteiger partial charge in [0.1, 0.15) is 0 Å². The van der Waals surface area contributed by atoms with Gasteiger partial charge in [-0.1, -0.05) is 31.0 Å². The van der Waals surface area contributed by atoms with Crippen molar-refractivity contribution in [1.82, 2.24) is 19.9 Å². The number of para-hydroxylation sites is 1. The molecule has 2 heterocycles. The van der Waals surface area contributed by atoms with Gasteiger partial charge in [-0.15, -0.1) is 9.90 Å². The smallest absolute Gasteiger partial charge is 0.321 e. The molecule has 6 heteroatoms. The maximum Gasteiger partial charge on any atom is 0.323 e. The lowest BCUT2D eigenvalue weighted by Gasteiger charge is -2.44. The molecule has 4 rings (SSSR count). The van der Waals surface area contributed by atoms with Crippen LogP contribution in [0.25, 0.3) is 5.69 Å². The first-order valence-corrected chi connectivity index (χ1v) is 8.37. The lowest BCUT2D eigenvalue weighted by molar-refractivity contribution is 0.0853. The predicted molar refractivity (Wildman–Crippen MR) is 87.4 cm³/mol. The van der Waals surface area contributed by atoms with E-state index in [0.29, 0.717) is 17.8 Å². The Kier molecular flexibility index (Phi) is 3.73. The number of rotatable bonds is 3. The van der Waals surface area contributed by atoms with E-state index in [1.54, 1.807) is 6.20 Å². The predicted octanol–water partition coefficient (Wildman–Crippen LogP) is 3.06. The molecule has 0 bridgehead atoms. The van der Waals surface area contributed by atoms with Crippen molar-refractivity contribution in [3.63, 3.8) is 0 Å². The highest BCUT2D eigenvalue weighted by Crippen LogP contribution is 2.36. The average Bonchev–Trinajstić information content (AvgIpc) is 3.19. The Balaban J connectivity index is 1.40. The fourth-order valence-corrected chi connectivity index (χ4v) is 3.68.